The lowest BCUT2D eigenvalue weighted by Gasteiger charge is -2.29. The van der Waals surface area contributed by atoms with Gasteiger partial charge in [0, 0.05) is 5.56 Å². The zero-order valence-electron chi connectivity index (χ0n) is 21.6. The topological polar surface area (TPSA) is 65.1 Å². The number of ether oxygens (including phenoxy) is 3. The molecule has 0 unspecified atom stereocenters. The smallest absolute Gasteiger partial charge is 0.415 e. The second-order valence-corrected chi connectivity index (χ2v) is 8.65. The van der Waals surface area contributed by atoms with E-state index >= 15 is 0 Å². The van der Waals surface area contributed by atoms with Crippen molar-refractivity contribution in [3.05, 3.63) is 120 Å². The van der Waals surface area contributed by atoms with E-state index in [0.717, 1.165) is 28.0 Å². The molecule has 6 nitrogen and oxygen atoms in total. The van der Waals surface area contributed by atoms with Gasteiger partial charge in [0.2, 0.25) is 0 Å². The fourth-order valence-corrected chi connectivity index (χ4v) is 4.02. The van der Waals surface area contributed by atoms with Crippen molar-refractivity contribution in [2.45, 2.75) is 33.1 Å². The van der Waals surface area contributed by atoms with Crippen LogP contribution in [0.1, 0.15) is 25.0 Å². The molecule has 0 aromatic heterocycles. The van der Waals surface area contributed by atoms with Gasteiger partial charge in [0.05, 0.1) is 12.3 Å². The molecule has 6 heteroatoms. The third kappa shape index (κ3) is 6.79. The summed E-state index contributed by atoms with van der Waals surface area (Å²) in [6, 6.07) is 33.5. The molecule has 0 heterocycles. The molecule has 4 aromatic rings. The Kier molecular flexibility index (Phi) is 9.13. The third-order valence-electron chi connectivity index (χ3n) is 5.99. The average molecular weight is 510 g/mol. The van der Waals surface area contributed by atoms with Gasteiger partial charge >= 0.3 is 12.1 Å². The maximum Gasteiger partial charge on any atom is 0.415 e. The Balaban J connectivity index is 1.59. The third-order valence-corrected chi connectivity index (χ3v) is 5.99. The summed E-state index contributed by atoms with van der Waals surface area (Å²) in [7, 11) is 0. The van der Waals surface area contributed by atoms with Crippen molar-refractivity contribution in [2.24, 2.45) is 0 Å². The Morgan fingerprint density at radius 3 is 1.92 bits per heavy atom. The zero-order valence-corrected chi connectivity index (χ0v) is 21.6. The van der Waals surface area contributed by atoms with Crippen molar-refractivity contribution in [1.82, 2.24) is 0 Å². The van der Waals surface area contributed by atoms with Crippen molar-refractivity contribution < 1.29 is 23.8 Å². The van der Waals surface area contributed by atoms with E-state index in [9.17, 15) is 9.59 Å². The summed E-state index contributed by atoms with van der Waals surface area (Å²) in [4.78, 5) is 27.5. The van der Waals surface area contributed by atoms with Gasteiger partial charge in [-0.05, 0) is 48.7 Å². The molecule has 0 radical (unpaired) electrons. The molecule has 38 heavy (non-hydrogen) atoms. The van der Waals surface area contributed by atoms with Crippen LogP contribution < -0.4 is 9.64 Å². The minimum Gasteiger partial charge on any atom is -0.489 e. The summed E-state index contributed by atoms with van der Waals surface area (Å²) < 4.78 is 16.8. The number of carbonyl (C=O) groups excluding carboxylic acids is 2. The first-order valence-electron chi connectivity index (χ1n) is 12.6. The standard InChI is InChI=1S/C32H31NO5/c1-3-36-31(34)24(2)33(32(35)38-23-26-14-8-5-9-15-26)30-17-11-10-16-29(30)27-18-20-28(21-19-27)37-22-25-12-6-4-7-13-25/h4-21,24H,3,22-23H2,1-2H3/t24-/m0/s1. The number of amides is 1. The first-order chi connectivity index (χ1) is 18.6. The molecule has 0 aliphatic carbocycles. The fourth-order valence-electron chi connectivity index (χ4n) is 4.02. The lowest BCUT2D eigenvalue weighted by molar-refractivity contribution is -0.144. The summed E-state index contributed by atoms with van der Waals surface area (Å²) >= 11 is 0. The summed E-state index contributed by atoms with van der Waals surface area (Å²) in [5.74, 6) is 0.220. The highest BCUT2D eigenvalue weighted by Crippen LogP contribution is 2.34. The molecule has 1 atom stereocenters. The predicted octanol–water partition coefficient (Wildman–Crippen LogP) is 7.03. The van der Waals surface area contributed by atoms with Crippen LogP contribution in [0.2, 0.25) is 0 Å². The molecular weight excluding hydrogens is 478 g/mol. The number of anilines is 1. The molecule has 0 aliphatic heterocycles. The van der Waals surface area contributed by atoms with Crippen LogP contribution in [0.5, 0.6) is 5.75 Å². The van der Waals surface area contributed by atoms with Gasteiger partial charge in [-0.2, -0.15) is 0 Å². The van der Waals surface area contributed by atoms with Crippen LogP contribution in [0.3, 0.4) is 0 Å². The van der Waals surface area contributed by atoms with Gasteiger partial charge in [-0.1, -0.05) is 91.0 Å². The van der Waals surface area contributed by atoms with Gasteiger partial charge in [-0.25, -0.2) is 9.59 Å². The number of hydrogen-bond donors (Lipinski definition) is 0. The lowest BCUT2D eigenvalue weighted by atomic mass is 10.0. The predicted molar refractivity (Wildman–Crippen MR) is 148 cm³/mol. The van der Waals surface area contributed by atoms with Gasteiger partial charge in [0.25, 0.3) is 0 Å². The van der Waals surface area contributed by atoms with Crippen LogP contribution in [0, 0.1) is 0 Å². The van der Waals surface area contributed by atoms with Gasteiger partial charge in [-0.3, -0.25) is 4.90 Å². The second-order valence-electron chi connectivity index (χ2n) is 8.65. The summed E-state index contributed by atoms with van der Waals surface area (Å²) in [6.45, 7) is 4.13. The Morgan fingerprint density at radius 2 is 1.29 bits per heavy atom. The Morgan fingerprint density at radius 1 is 0.711 bits per heavy atom. The van der Waals surface area contributed by atoms with Crippen LogP contribution >= 0.6 is 0 Å². The number of hydrogen-bond acceptors (Lipinski definition) is 5. The average Bonchev–Trinajstić information content (AvgIpc) is 2.97. The van der Waals surface area contributed by atoms with Gasteiger partial charge in [-0.15, -0.1) is 0 Å². The van der Waals surface area contributed by atoms with Crippen LogP contribution in [-0.2, 0) is 27.5 Å². The van der Waals surface area contributed by atoms with Crippen molar-refractivity contribution in [3.63, 3.8) is 0 Å². The highest BCUT2D eigenvalue weighted by Gasteiger charge is 2.31. The van der Waals surface area contributed by atoms with Crippen LogP contribution in [-0.4, -0.2) is 24.7 Å². The second kappa shape index (κ2) is 13.1. The van der Waals surface area contributed by atoms with E-state index in [1.807, 2.05) is 103 Å². The molecule has 1 amide bonds. The summed E-state index contributed by atoms with van der Waals surface area (Å²) in [5.41, 5.74) is 4.12. The first kappa shape index (κ1) is 26.5. The molecular formula is C32H31NO5. The largest absolute Gasteiger partial charge is 0.489 e. The van der Waals surface area contributed by atoms with Crippen molar-refractivity contribution in [2.75, 3.05) is 11.5 Å². The summed E-state index contributed by atoms with van der Waals surface area (Å²) in [5, 5.41) is 0. The van der Waals surface area contributed by atoms with Crippen LogP contribution in [0.4, 0.5) is 10.5 Å². The molecule has 0 fully saturated rings. The van der Waals surface area contributed by atoms with E-state index in [2.05, 4.69) is 0 Å². The lowest BCUT2D eigenvalue weighted by Crippen LogP contribution is -2.45. The van der Waals surface area contributed by atoms with E-state index in [-0.39, 0.29) is 13.2 Å². The summed E-state index contributed by atoms with van der Waals surface area (Å²) in [6.07, 6.45) is -0.635. The van der Waals surface area contributed by atoms with Crippen LogP contribution in [0.25, 0.3) is 11.1 Å². The van der Waals surface area contributed by atoms with E-state index in [1.54, 1.807) is 19.9 Å². The maximum absolute atomic E-state index is 13.4. The molecule has 0 bridgehead atoms. The molecule has 0 aliphatic rings. The Hall–Kier alpha value is -4.58. The minimum atomic E-state index is -0.896. The van der Waals surface area contributed by atoms with E-state index in [4.69, 9.17) is 14.2 Å². The molecule has 0 spiro atoms. The Bertz CT molecular complexity index is 1320. The van der Waals surface area contributed by atoms with Crippen molar-refractivity contribution in [1.29, 1.82) is 0 Å². The zero-order chi connectivity index (χ0) is 26.7. The minimum absolute atomic E-state index is 0.0847. The SMILES string of the molecule is CCOC(=O)[C@H](C)N(C(=O)OCc1ccccc1)c1ccccc1-c1ccc(OCc2ccccc2)cc1. The van der Waals surface area contributed by atoms with Gasteiger partial charge in [0.1, 0.15) is 25.0 Å². The number of para-hydroxylation sites is 1. The van der Waals surface area contributed by atoms with Gasteiger partial charge < -0.3 is 14.2 Å². The Labute approximate surface area is 223 Å². The quantitative estimate of drug-likeness (QED) is 0.215. The molecule has 0 saturated heterocycles. The monoisotopic (exact) mass is 509 g/mol. The maximum atomic E-state index is 13.4. The fraction of sp³-hybridized carbons (Fsp3) is 0.188. The highest BCUT2D eigenvalue weighted by atomic mass is 16.6. The number of esters is 1. The molecule has 0 saturated carbocycles. The number of carbonyl (C=O) groups is 2. The van der Waals surface area contributed by atoms with Crippen molar-refractivity contribution in [3.8, 4) is 16.9 Å². The van der Waals surface area contributed by atoms with Crippen LogP contribution in [0.15, 0.2) is 109 Å². The number of rotatable bonds is 10. The number of nitrogens with zero attached hydrogens (tertiary/aromatic N) is 1. The van der Waals surface area contributed by atoms with Crippen molar-refractivity contribution >= 4 is 17.7 Å². The molecule has 194 valence electrons. The number of benzene rings is 4. The first-order valence-corrected chi connectivity index (χ1v) is 12.6. The molecule has 4 aromatic carbocycles. The van der Waals surface area contributed by atoms with E-state index in [1.165, 1.54) is 4.90 Å². The van der Waals surface area contributed by atoms with Gasteiger partial charge in [0.15, 0.2) is 0 Å². The molecule has 4 rings (SSSR count). The highest BCUT2D eigenvalue weighted by molar-refractivity contribution is 5.99. The molecule has 0 N–H and O–H groups in total. The van der Waals surface area contributed by atoms with E-state index < -0.39 is 18.1 Å². The van der Waals surface area contributed by atoms with E-state index in [0.29, 0.717) is 12.3 Å². The normalized spacial score (nSPS) is 11.3.